The molecule has 34 heavy (non-hydrogen) atoms. The number of piperazine rings is 2. The standard InChI is InChI=1S/C27H33N5OS/c33-26(21-31-13-11-29(12-14-31)19-23-7-3-1-4-8-23)32-17-15-30(16-18-32)20-25-22-34-27(28-25)24-9-5-2-6-10-24/h1-10,22H,11-21H2. The van der Waals surface area contributed by atoms with Gasteiger partial charge in [-0.05, 0) is 5.56 Å². The van der Waals surface area contributed by atoms with Crippen LogP contribution < -0.4 is 0 Å². The van der Waals surface area contributed by atoms with Gasteiger partial charge < -0.3 is 4.90 Å². The molecule has 178 valence electrons. The molecule has 3 heterocycles. The van der Waals surface area contributed by atoms with Crippen molar-refractivity contribution < 1.29 is 4.79 Å². The zero-order valence-electron chi connectivity index (χ0n) is 19.7. The molecular weight excluding hydrogens is 442 g/mol. The topological polar surface area (TPSA) is 42.9 Å². The van der Waals surface area contributed by atoms with Crippen LogP contribution in [0.5, 0.6) is 0 Å². The Kier molecular flexibility index (Phi) is 7.65. The summed E-state index contributed by atoms with van der Waals surface area (Å²) in [7, 11) is 0. The second kappa shape index (κ2) is 11.2. The molecule has 0 radical (unpaired) electrons. The van der Waals surface area contributed by atoms with E-state index in [-0.39, 0.29) is 5.91 Å². The quantitative estimate of drug-likeness (QED) is 0.525. The SMILES string of the molecule is O=C(CN1CCN(Cc2ccccc2)CC1)N1CCN(Cc2csc(-c3ccccc3)n2)CC1. The Balaban J connectivity index is 1.03. The summed E-state index contributed by atoms with van der Waals surface area (Å²) in [4.78, 5) is 27.0. The van der Waals surface area contributed by atoms with Gasteiger partial charge >= 0.3 is 0 Å². The van der Waals surface area contributed by atoms with Crippen LogP contribution in [0.25, 0.3) is 10.6 Å². The van der Waals surface area contributed by atoms with Crippen molar-refractivity contribution >= 4 is 17.2 Å². The molecule has 2 aliphatic heterocycles. The van der Waals surface area contributed by atoms with Crippen LogP contribution in [0.2, 0.25) is 0 Å². The van der Waals surface area contributed by atoms with Gasteiger partial charge in [-0.1, -0.05) is 60.7 Å². The van der Waals surface area contributed by atoms with E-state index in [1.54, 1.807) is 11.3 Å². The maximum atomic E-state index is 12.9. The van der Waals surface area contributed by atoms with Gasteiger partial charge in [-0.3, -0.25) is 19.5 Å². The number of hydrogen-bond acceptors (Lipinski definition) is 6. The third kappa shape index (κ3) is 6.10. The lowest BCUT2D eigenvalue weighted by atomic mass is 10.2. The van der Waals surface area contributed by atoms with Crippen molar-refractivity contribution in [2.75, 3.05) is 58.9 Å². The van der Waals surface area contributed by atoms with Crippen LogP contribution in [0.1, 0.15) is 11.3 Å². The molecule has 1 aromatic heterocycles. The molecule has 7 heteroatoms. The number of carbonyl (C=O) groups excluding carboxylic acids is 1. The van der Waals surface area contributed by atoms with Crippen molar-refractivity contribution in [3.8, 4) is 10.6 Å². The van der Waals surface area contributed by atoms with Crippen LogP contribution in [0.15, 0.2) is 66.0 Å². The molecule has 0 unspecified atom stereocenters. The number of amides is 1. The van der Waals surface area contributed by atoms with Crippen molar-refractivity contribution in [2.45, 2.75) is 13.1 Å². The first-order valence-corrected chi connectivity index (χ1v) is 13.1. The first-order chi connectivity index (χ1) is 16.7. The summed E-state index contributed by atoms with van der Waals surface area (Å²) in [6.45, 7) is 9.81. The van der Waals surface area contributed by atoms with Gasteiger partial charge in [-0.15, -0.1) is 11.3 Å². The van der Waals surface area contributed by atoms with Crippen LogP contribution in [0.4, 0.5) is 0 Å². The molecule has 0 saturated carbocycles. The first kappa shape index (κ1) is 23.2. The number of thiazole rings is 1. The molecule has 0 N–H and O–H groups in total. The van der Waals surface area contributed by atoms with Crippen LogP contribution >= 0.6 is 11.3 Å². The van der Waals surface area contributed by atoms with Gasteiger partial charge in [0.05, 0.1) is 12.2 Å². The Labute approximate surface area is 206 Å². The Morgan fingerprint density at radius 2 is 1.32 bits per heavy atom. The van der Waals surface area contributed by atoms with Crippen LogP contribution in [-0.2, 0) is 17.9 Å². The Bertz CT molecular complexity index is 1040. The predicted octanol–water partition coefficient (Wildman–Crippen LogP) is 3.27. The van der Waals surface area contributed by atoms with E-state index in [2.05, 4.69) is 74.7 Å². The molecule has 2 aliphatic rings. The van der Waals surface area contributed by atoms with Crippen LogP contribution in [0.3, 0.4) is 0 Å². The lowest BCUT2D eigenvalue weighted by Crippen LogP contribution is -2.53. The number of carbonyl (C=O) groups is 1. The zero-order chi connectivity index (χ0) is 23.2. The smallest absolute Gasteiger partial charge is 0.236 e. The lowest BCUT2D eigenvalue weighted by molar-refractivity contribution is -0.134. The number of aromatic nitrogens is 1. The maximum absolute atomic E-state index is 12.9. The van der Waals surface area contributed by atoms with Gasteiger partial charge in [0.1, 0.15) is 5.01 Å². The van der Waals surface area contributed by atoms with Crippen molar-refractivity contribution in [3.63, 3.8) is 0 Å². The van der Waals surface area contributed by atoms with Crippen LogP contribution in [-0.4, -0.2) is 89.4 Å². The van der Waals surface area contributed by atoms with E-state index in [4.69, 9.17) is 4.98 Å². The number of hydrogen-bond donors (Lipinski definition) is 0. The van der Waals surface area contributed by atoms with Gasteiger partial charge in [-0.25, -0.2) is 4.98 Å². The van der Waals surface area contributed by atoms with E-state index < -0.39 is 0 Å². The summed E-state index contributed by atoms with van der Waals surface area (Å²) >= 11 is 1.71. The molecular formula is C27H33N5OS. The van der Waals surface area contributed by atoms with E-state index >= 15 is 0 Å². The van der Waals surface area contributed by atoms with E-state index in [9.17, 15) is 4.79 Å². The zero-order valence-corrected chi connectivity index (χ0v) is 20.5. The fraction of sp³-hybridized carbons (Fsp3) is 0.407. The summed E-state index contributed by atoms with van der Waals surface area (Å²) < 4.78 is 0. The minimum Gasteiger partial charge on any atom is -0.339 e. The van der Waals surface area contributed by atoms with Crippen molar-refractivity contribution in [1.29, 1.82) is 0 Å². The fourth-order valence-electron chi connectivity index (χ4n) is 4.72. The molecule has 0 aliphatic carbocycles. The largest absolute Gasteiger partial charge is 0.339 e. The van der Waals surface area contributed by atoms with Gasteiger partial charge in [0.2, 0.25) is 5.91 Å². The number of benzene rings is 2. The summed E-state index contributed by atoms with van der Waals surface area (Å²) in [5.74, 6) is 0.274. The normalized spacial score (nSPS) is 18.3. The molecule has 2 fully saturated rings. The highest BCUT2D eigenvalue weighted by Gasteiger charge is 2.25. The number of nitrogens with zero attached hydrogens (tertiary/aromatic N) is 5. The van der Waals surface area contributed by atoms with Gasteiger partial charge in [0.25, 0.3) is 0 Å². The van der Waals surface area contributed by atoms with Crippen molar-refractivity contribution in [1.82, 2.24) is 24.6 Å². The van der Waals surface area contributed by atoms with Crippen molar-refractivity contribution in [3.05, 3.63) is 77.3 Å². The molecule has 0 atom stereocenters. The number of rotatable bonds is 7. The summed E-state index contributed by atoms with van der Waals surface area (Å²) in [6.07, 6.45) is 0. The lowest BCUT2D eigenvalue weighted by Gasteiger charge is -2.38. The first-order valence-electron chi connectivity index (χ1n) is 12.2. The average Bonchev–Trinajstić information content (AvgIpc) is 3.35. The average molecular weight is 476 g/mol. The summed E-state index contributed by atoms with van der Waals surface area (Å²) in [5, 5.41) is 3.24. The highest BCUT2D eigenvalue weighted by Crippen LogP contribution is 2.24. The Hall–Kier alpha value is -2.58. The highest BCUT2D eigenvalue weighted by molar-refractivity contribution is 7.13. The third-order valence-corrected chi connectivity index (χ3v) is 7.70. The molecule has 6 nitrogen and oxygen atoms in total. The van der Waals surface area contributed by atoms with E-state index in [0.29, 0.717) is 6.54 Å². The fourth-order valence-corrected chi connectivity index (χ4v) is 5.53. The predicted molar refractivity (Wildman–Crippen MR) is 138 cm³/mol. The van der Waals surface area contributed by atoms with Gasteiger partial charge in [-0.2, -0.15) is 0 Å². The molecule has 5 rings (SSSR count). The Morgan fingerprint density at radius 1 is 0.735 bits per heavy atom. The molecule has 2 aromatic carbocycles. The minimum atomic E-state index is 0.274. The van der Waals surface area contributed by atoms with E-state index in [1.807, 2.05) is 11.0 Å². The van der Waals surface area contributed by atoms with Crippen LogP contribution in [0, 0.1) is 0 Å². The molecule has 2 saturated heterocycles. The second-order valence-corrected chi connectivity index (χ2v) is 10.1. The van der Waals surface area contributed by atoms with Gasteiger partial charge in [0, 0.05) is 76.4 Å². The van der Waals surface area contributed by atoms with Gasteiger partial charge in [0.15, 0.2) is 0 Å². The summed E-state index contributed by atoms with van der Waals surface area (Å²) in [6, 6.07) is 21.0. The molecule has 0 bridgehead atoms. The molecule has 0 spiro atoms. The second-order valence-electron chi connectivity index (χ2n) is 9.20. The maximum Gasteiger partial charge on any atom is 0.236 e. The molecule has 3 aromatic rings. The van der Waals surface area contributed by atoms with E-state index in [0.717, 1.165) is 76.1 Å². The van der Waals surface area contributed by atoms with E-state index in [1.165, 1.54) is 11.1 Å². The Morgan fingerprint density at radius 3 is 2.03 bits per heavy atom. The third-order valence-electron chi connectivity index (χ3n) is 6.76. The summed E-state index contributed by atoms with van der Waals surface area (Å²) in [5.41, 5.74) is 3.66. The monoisotopic (exact) mass is 475 g/mol. The highest BCUT2D eigenvalue weighted by atomic mass is 32.1. The van der Waals surface area contributed by atoms with Crippen molar-refractivity contribution in [2.24, 2.45) is 0 Å². The minimum absolute atomic E-state index is 0.274. The molecule has 1 amide bonds.